The maximum Gasteiger partial charge on any atom is -0.0216 e. The summed E-state index contributed by atoms with van der Waals surface area (Å²) in [4.78, 5) is 0. The number of hydrogen-bond donors (Lipinski definition) is 0. The van der Waals surface area contributed by atoms with Gasteiger partial charge in [0, 0.05) is 0 Å². The van der Waals surface area contributed by atoms with Gasteiger partial charge in [-0.15, -0.1) is 0 Å². The lowest BCUT2D eigenvalue weighted by molar-refractivity contribution is 0.419. The van der Waals surface area contributed by atoms with Crippen molar-refractivity contribution in [3.05, 3.63) is 5.92 Å². The van der Waals surface area contributed by atoms with Gasteiger partial charge >= 0.3 is 0 Å². The molecule has 0 aromatic rings. The molecule has 0 bridgehead atoms. The van der Waals surface area contributed by atoms with Crippen LogP contribution >= 0.6 is 0 Å². The third-order valence-corrected chi connectivity index (χ3v) is 3.66. The maximum atomic E-state index is 2.40. The van der Waals surface area contributed by atoms with Gasteiger partial charge < -0.3 is 0 Å². The summed E-state index contributed by atoms with van der Waals surface area (Å²) < 4.78 is 0. The van der Waals surface area contributed by atoms with E-state index in [1.54, 1.807) is 5.92 Å². The van der Waals surface area contributed by atoms with Gasteiger partial charge in [0.05, 0.1) is 0 Å². The number of hydrogen-bond acceptors (Lipinski definition) is 0. The Morgan fingerprint density at radius 2 is 1.57 bits per heavy atom. The second-order valence-corrected chi connectivity index (χ2v) is 4.80. The molecule has 0 saturated heterocycles. The van der Waals surface area contributed by atoms with Gasteiger partial charge in [-0.2, -0.15) is 0 Å². The van der Waals surface area contributed by atoms with Crippen LogP contribution in [0.25, 0.3) is 0 Å². The van der Waals surface area contributed by atoms with Crippen molar-refractivity contribution in [1.29, 1.82) is 0 Å². The van der Waals surface area contributed by atoms with Gasteiger partial charge in [-0.3, -0.25) is 0 Å². The number of rotatable bonds is 8. The molecule has 0 heteroatoms. The van der Waals surface area contributed by atoms with E-state index in [1.807, 2.05) is 0 Å². The fourth-order valence-corrected chi connectivity index (χ4v) is 1.91. The SMILES string of the molecule is CCCCCCC(C)[C](C)C(C)CC. The second kappa shape index (κ2) is 8.32. The normalized spacial score (nSPS) is 15.9. The van der Waals surface area contributed by atoms with Crippen molar-refractivity contribution in [2.75, 3.05) is 0 Å². The molecule has 0 nitrogen and oxygen atoms in total. The quantitative estimate of drug-likeness (QED) is 0.467. The fourth-order valence-electron chi connectivity index (χ4n) is 1.91. The van der Waals surface area contributed by atoms with E-state index >= 15 is 0 Å². The molecular formula is C14H29. The summed E-state index contributed by atoms with van der Waals surface area (Å²) in [6.07, 6.45) is 8.30. The zero-order valence-electron chi connectivity index (χ0n) is 10.9. The topological polar surface area (TPSA) is 0 Å². The van der Waals surface area contributed by atoms with E-state index in [9.17, 15) is 0 Å². The van der Waals surface area contributed by atoms with Gasteiger partial charge in [0.15, 0.2) is 0 Å². The van der Waals surface area contributed by atoms with Crippen molar-refractivity contribution in [1.82, 2.24) is 0 Å². The first-order valence-electron chi connectivity index (χ1n) is 6.46. The highest BCUT2D eigenvalue weighted by Crippen LogP contribution is 2.28. The molecule has 85 valence electrons. The van der Waals surface area contributed by atoms with E-state index in [1.165, 1.54) is 38.5 Å². The van der Waals surface area contributed by atoms with E-state index in [0.717, 1.165) is 11.8 Å². The van der Waals surface area contributed by atoms with Crippen LogP contribution in [0.2, 0.25) is 0 Å². The summed E-state index contributed by atoms with van der Waals surface area (Å²) in [5.41, 5.74) is 0. The standard InChI is InChI=1S/C14H29/c1-6-8-9-10-11-13(4)14(5)12(3)7-2/h12-13H,6-11H2,1-5H3. The zero-order chi connectivity index (χ0) is 11.0. The summed E-state index contributed by atoms with van der Waals surface area (Å²) in [5, 5.41) is 0. The maximum absolute atomic E-state index is 2.40. The molecule has 0 spiro atoms. The van der Waals surface area contributed by atoms with Crippen molar-refractivity contribution < 1.29 is 0 Å². The first-order chi connectivity index (χ1) is 6.63. The lowest BCUT2D eigenvalue weighted by atomic mass is 9.81. The van der Waals surface area contributed by atoms with Crippen LogP contribution < -0.4 is 0 Å². The molecular weight excluding hydrogens is 168 g/mol. The highest BCUT2D eigenvalue weighted by molar-refractivity contribution is 4.93. The minimum atomic E-state index is 0.816. The molecule has 14 heavy (non-hydrogen) atoms. The van der Waals surface area contributed by atoms with Crippen molar-refractivity contribution in [2.24, 2.45) is 11.8 Å². The molecule has 0 aliphatic heterocycles. The largest absolute Gasteiger partial charge is 0.0654 e. The highest BCUT2D eigenvalue weighted by Gasteiger charge is 2.17. The van der Waals surface area contributed by atoms with Gasteiger partial charge in [-0.25, -0.2) is 0 Å². The molecule has 0 aliphatic carbocycles. The molecule has 2 unspecified atom stereocenters. The molecule has 0 aliphatic rings. The van der Waals surface area contributed by atoms with Crippen molar-refractivity contribution >= 4 is 0 Å². The first kappa shape index (κ1) is 14.0. The van der Waals surface area contributed by atoms with Gasteiger partial charge in [0.1, 0.15) is 0 Å². The van der Waals surface area contributed by atoms with Crippen LogP contribution in [-0.4, -0.2) is 0 Å². The minimum Gasteiger partial charge on any atom is -0.0654 e. The Hall–Kier alpha value is 0. The predicted octanol–water partition coefficient (Wildman–Crippen LogP) is 5.23. The Balaban J connectivity index is 3.56. The number of unbranched alkanes of at least 4 members (excludes halogenated alkanes) is 3. The van der Waals surface area contributed by atoms with Crippen molar-refractivity contribution in [2.45, 2.75) is 73.1 Å². The molecule has 0 amide bonds. The Morgan fingerprint density at radius 3 is 2.07 bits per heavy atom. The van der Waals surface area contributed by atoms with Crippen LogP contribution in [0.5, 0.6) is 0 Å². The van der Waals surface area contributed by atoms with E-state index in [0.29, 0.717) is 0 Å². The van der Waals surface area contributed by atoms with Gasteiger partial charge in [-0.05, 0) is 17.8 Å². The molecule has 0 N–H and O–H groups in total. The molecule has 2 atom stereocenters. The Kier molecular flexibility index (Phi) is 8.32. The van der Waals surface area contributed by atoms with E-state index in [-0.39, 0.29) is 0 Å². The lowest BCUT2D eigenvalue weighted by Crippen LogP contribution is -2.13. The summed E-state index contributed by atoms with van der Waals surface area (Å²) >= 11 is 0. The van der Waals surface area contributed by atoms with Crippen LogP contribution in [-0.2, 0) is 0 Å². The van der Waals surface area contributed by atoms with E-state index in [2.05, 4.69) is 34.6 Å². The summed E-state index contributed by atoms with van der Waals surface area (Å²) in [6, 6.07) is 0. The van der Waals surface area contributed by atoms with Gasteiger partial charge in [0.2, 0.25) is 0 Å². The molecule has 1 radical (unpaired) electrons. The Morgan fingerprint density at radius 1 is 0.929 bits per heavy atom. The predicted molar refractivity (Wildman–Crippen MR) is 66.3 cm³/mol. The van der Waals surface area contributed by atoms with Crippen LogP contribution in [0.4, 0.5) is 0 Å². The fraction of sp³-hybridized carbons (Fsp3) is 0.929. The average molecular weight is 197 g/mol. The van der Waals surface area contributed by atoms with Crippen LogP contribution in [0.1, 0.15) is 73.1 Å². The molecule has 0 fully saturated rings. The third-order valence-electron chi connectivity index (χ3n) is 3.66. The summed E-state index contributed by atoms with van der Waals surface area (Å²) in [6.45, 7) is 11.7. The lowest BCUT2D eigenvalue weighted by Gasteiger charge is -2.24. The monoisotopic (exact) mass is 197 g/mol. The average Bonchev–Trinajstić information content (AvgIpc) is 2.21. The molecule has 0 rings (SSSR count). The third kappa shape index (κ3) is 5.67. The summed E-state index contributed by atoms with van der Waals surface area (Å²) in [5.74, 6) is 3.36. The van der Waals surface area contributed by atoms with Gasteiger partial charge in [-0.1, -0.05) is 73.1 Å². The van der Waals surface area contributed by atoms with E-state index in [4.69, 9.17) is 0 Å². The first-order valence-corrected chi connectivity index (χ1v) is 6.46. The van der Waals surface area contributed by atoms with Gasteiger partial charge in [0.25, 0.3) is 0 Å². The summed E-state index contributed by atoms with van der Waals surface area (Å²) in [7, 11) is 0. The molecule has 0 heterocycles. The van der Waals surface area contributed by atoms with Crippen molar-refractivity contribution in [3.8, 4) is 0 Å². The highest BCUT2D eigenvalue weighted by atomic mass is 14.2. The van der Waals surface area contributed by atoms with E-state index < -0.39 is 0 Å². The smallest absolute Gasteiger partial charge is 0.0216 e. The Labute approximate surface area is 91.5 Å². The molecule has 0 aromatic carbocycles. The van der Waals surface area contributed by atoms with Crippen LogP contribution in [0.3, 0.4) is 0 Å². The van der Waals surface area contributed by atoms with Crippen LogP contribution in [0.15, 0.2) is 0 Å². The minimum absolute atomic E-state index is 0.816. The van der Waals surface area contributed by atoms with Crippen LogP contribution in [0, 0.1) is 17.8 Å². The zero-order valence-corrected chi connectivity index (χ0v) is 10.9. The van der Waals surface area contributed by atoms with Crippen molar-refractivity contribution in [3.63, 3.8) is 0 Å². The molecule has 0 aromatic heterocycles. The Bertz CT molecular complexity index is 117. The second-order valence-electron chi connectivity index (χ2n) is 4.80. The molecule has 0 saturated carbocycles.